The van der Waals surface area contributed by atoms with E-state index in [4.69, 9.17) is 6.42 Å². The first-order chi connectivity index (χ1) is 21.2. The zero-order chi connectivity index (χ0) is 34.6. The van der Waals surface area contributed by atoms with Crippen LogP contribution >= 0.6 is 0 Å². The van der Waals surface area contributed by atoms with Crippen LogP contribution in [0.2, 0.25) is 0 Å². The maximum atomic E-state index is 5.23. The van der Waals surface area contributed by atoms with Crippen molar-refractivity contribution in [2.45, 2.75) is 133 Å². The Morgan fingerprint density at radius 3 is 1.84 bits per heavy atom. The van der Waals surface area contributed by atoms with Gasteiger partial charge in [-0.25, -0.2) is 0 Å². The second-order valence-electron chi connectivity index (χ2n) is 10.2. The van der Waals surface area contributed by atoms with Crippen LogP contribution in [-0.2, 0) is 0 Å². The normalized spacial score (nSPS) is 10.9. The summed E-state index contributed by atoms with van der Waals surface area (Å²) in [7, 11) is 0. The third kappa shape index (κ3) is 30.2. The summed E-state index contributed by atoms with van der Waals surface area (Å²) in [6.45, 7) is 36.5. The topological polar surface area (TPSA) is 12.0 Å². The van der Waals surface area contributed by atoms with Crippen molar-refractivity contribution in [3.63, 3.8) is 0 Å². The zero-order valence-electron chi connectivity index (χ0n) is 30.8. The van der Waals surface area contributed by atoms with Crippen molar-refractivity contribution in [2.24, 2.45) is 5.92 Å². The Bertz CT molecular complexity index is 957. The highest BCUT2D eigenvalue weighted by Crippen LogP contribution is 2.19. The van der Waals surface area contributed by atoms with Gasteiger partial charge in [-0.15, -0.1) is 6.58 Å². The van der Waals surface area contributed by atoms with Crippen molar-refractivity contribution in [1.82, 2.24) is 5.32 Å². The monoisotopic (exact) mass is 602 g/mol. The smallest absolute Gasteiger partial charge is 0.0459 e. The quantitative estimate of drug-likeness (QED) is 0.0615. The molecule has 1 unspecified atom stereocenters. The molecule has 0 amide bonds. The number of terminal acetylenes is 1. The van der Waals surface area contributed by atoms with Gasteiger partial charge < -0.3 is 5.32 Å². The molecular formula is C43H71N. The zero-order valence-corrected chi connectivity index (χ0v) is 30.8. The summed E-state index contributed by atoms with van der Waals surface area (Å²) in [6.07, 6.45) is 30.1. The van der Waals surface area contributed by atoms with Crippen LogP contribution in [0.5, 0.6) is 0 Å². The van der Waals surface area contributed by atoms with Crippen molar-refractivity contribution in [1.29, 1.82) is 0 Å². The van der Waals surface area contributed by atoms with Gasteiger partial charge in [0.1, 0.15) is 0 Å². The highest BCUT2D eigenvalue weighted by molar-refractivity contribution is 5.69. The van der Waals surface area contributed by atoms with Crippen LogP contribution < -0.4 is 5.32 Å². The van der Waals surface area contributed by atoms with Gasteiger partial charge in [0, 0.05) is 11.7 Å². The molecule has 1 rings (SSSR count). The van der Waals surface area contributed by atoms with Crippen LogP contribution in [0.25, 0.3) is 11.3 Å². The molecule has 1 aromatic carbocycles. The van der Waals surface area contributed by atoms with Crippen LogP contribution in [0.4, 0.5) is 0 Å². The van der Waals surface area contributed by atoms with E-state index in [1.54, 1.807) is 0 Å². The lowest BCUT2D eigenvalue weighted by Gasteiger charge is -2.06. The van der Waals surface area contributed by atoms with E-state index in [0.29, 0.717) is 5.92 Å². The Balaban J connectivity index is -0.000000331. The standard InChI is InChI=1S/C23H29N.C11H18.C5H12.2C2H6/c1-6-9-10-11-12-21(7-2)14-13-19(4)22-15-17-23(18-16-22)20(5)24-8-3;1-5-7-8-11(4)9-10(3)6-2;1-3-5-4-2;2*1-2/h3,7,13-18,24H,2,5-6,9-12H2,1,4H3;5-7,10H,2,4,8-9H2,1,3H3;3-5H2,1-2H3;2*1-2H3/b19-13+,21-14+;7-5-;;;. The lowest BCUT2D eigenvalue weighted by atomic mass is 10.0. The molecule has 0 saturated carbocycles. The molecule has 0 aliphatic heterocycles. The van der Waals surface area contributed by atoms with E-state index in [-0.39, 0.29) is 0 Å². The number of hydrogen-bond acceptors (Lipinski definition) is 1. The molecule has 1 N–H and O–H groups in total. The molecule has 0 aliphatic carbocycles. The lowest BCUT2D eigenvalue weighted by molar-refractivity contribution is 0.668. The average Bonchev–Trinajstić information content (AvgIpc) is 3.06. The average molecular weight is 602 g/mol. The minimum atomic E-state index is 0.563. The summed E-state index contributed by atoms with van der Waals surface area (Å²) >= 11 is 0. The fourth-order valence-corrected chi connectivity index (χ4v) is 3.69. The first kappa shape index (κ1) is 47.7. The molecule has 0 saturated heterocycles. The van der Waals surface area contributed by atoms with E-state index in [1.165, 1.54) is 67.2 Å². The van der Waals surface area contributed by atoms with Crippen LogP contribution in [0, 0.1) is 18.4 Å². The molecule has 1 atom stereocenters. The predicted molar refractivity (Wildman–Crippen MR) is 209 cm³/mol. The molecule has 0 bridgehead atoms. The molecule has 0 spiro atoms. The first-order valence-corrected chi connectivity index (χ1v) is 17.2. The van der Waals surface area contributed by atoms with E-state index in [2.05, 4.69) is 109 Å². The van der Waals surface area contributed by atoms with Gasteiger partial charge in [0.05, 0.1) is 0 Å². The Kier molecular flexibility index (Phi) is 40.9. The van der Waals surface area contributed by atoms with Gasteiger partial charge in [0.25, 0.3) is 0 Å². The molecule has 0 aromatic heterocycles. The minimum absolute atomic E-state index is 0.563. The summed E-state index contributed by atoms with van der Waals surface area (Å²) in [6, 6.07) is 10.6. The molecule has 1 nitrogen and oxygen atoms in total. The second kappa shape index (κ2) is 37.8. The molecule has 248 valence electrons. The molecular weight excluding hydrogens is 530 g/mol. The predicted octanol–water partition coefficient (Wildman–Crippen LogP) is 14.3. The van der Waals surface area contributed by atoms with Crippen molar-refractivity contribution in [3.8, 4) is 12.5 Å². The molecule has 44 heavy (non-hydrogen) atoms. The maximum Gasteiger partial charge on any atom is 0.0459 e. The molecule has 0 fully saturated rings. The third-order valence-corrected chi connectivity index (χ3v) is 6.40. The summed E-state index contributed by atoms with van der Waals surface area (Å²) in [5, 5.41) is 2.78. The van der Waals surface area contributed by atoms with Gasteiger partial charge in [0.15, 0.2) is 0 Å². The van der Waals surface area contributed by atoms with Crippen LogP contribution in [0.1, 0.15) is 145 Å². The summed E-state index contributed by atoms with van der Waals surface area (Å²) in [4.78, 5) is 0. The summed E-state index contributed by atoms with van der Waals surface area (Å²) in [5.74, 6) is 0.563. The Morgan fingerprint density at radius 1 is 0.864 bits per heavy atom. The third-order valence-electron chi connectivity index (χ3n) is 6.40. The van der Waals surface area contributed by atoms with E-state index >= 15 is 0 Å². The van der Waals surface area contributed by atoms with E-state index in [0.717, 1.165) is 30.5 Å². The fraction of sp³-hybridized carbons (Fsp3) is 0.488. The van der Waals surface area contributed by atoms with Crippen molar-refractivity contribution < 1.29 is 0 Å². The van der Waals surface area contributed by atoms with E-state index in [9.17, 15) is 0 Å². The highest BCUT2D eigenvalue weighted by atomic mass is 14.8. The van der Waals surface area contributed by atoms with Gasteiger partial charge >= 0.3 is 0 Å². The molecule has 0 heterocycles. The molecule has 1 aromatic rings. The number of nitrogens with one attached hydrogen (secondary N) is 1. The lowest BCUT2D eigenvalue weighted by Crippen LogP contribution is -2.01. The highest BCUT2D eigenvalue weighted by Gasteiger charge is 2.00. The Labute approximate surface area is 277 Å². The second-order valence-corrected chi connectivity index (χ2v) is 10.2. The minimum Gasteiger partial charge on any atom is -0.315 e. The van der Waals surface area contributed by atoms with Gasteiger partial charge in [-0.05, 0) is 67.7 Å². The maximum absolute atomic E-state index is 5.23. The van der Waals surface area contributed by atoms with Crippen molar-refractivity contribution in [2.75, 3.05) is 0 Å². The Hall–Kier alpha value is -3.24. The van der Waals surface area contributed by atoms with Crippen LogP contribution in [-0.4, -0.2) is 0 Å². The van der Waals surface area contributed by atoms with Gasteiger partial charge in [-0.1, -0.05) is 186 Å². The first-order valence-electron chi connectivity index (χ1n) is 17.2. The fourth-order valence-electron chi connectivity index (χ4n) is 3.69. The Morgan fingerprint density at radius 2 is 1.41 bits per heavy atom. The van der Waals surface area contributed by atoms with Crippen molar-refractivity contribution in [3.05, 3.63) is 109 Å². The van der Waals surface area contributed by atoms with Crippen LogP contribution in [0.15, 0.2) is 98.2 Å². The number of unbranched alkanes of at least 4 members (excludes halogenated alkanes) is 5. The van der Waals surface area contributed by atoms with Crippen molar-refractivity contribution >= 4 is 11.3 Å². The number of allylic oxidation sites excluding steroid dienone is 9. The van der Waals surface area contributed by atoms with Gasteiger partial charge in [-0.3, -0.25) is 0 Å². The van der Waals surface area contributed by atoms with Gasteiger partial charge in [-0.2, -0.15) is 0 Å². The SMILES string of the molecule is C#CNC(=C)c1ccc(/C(C)=C/C=C(\C=C)CCCCCC)cc1.C=CC(C)CC(=C)C/C=C\C.CC.CC.CCCCC. The van der Waals surface area contributed by atoms with Gasteiger partial charge in [0.2, 0.25) is 0 Å². The molecule has 1 heteroatoms. The van der Waals surface area contributed by atoms with Crippen LogP contribution in [0.3, 0.4) is 0 Å². The number of benzene rings is 1. The van der Waals surface area contributed by atoms with E-state index in [1.807, 2.05) is 58.9 Å². The number of rotatable bonds is 17. The molecule has 0 aliphatic rings. The molecule has 0 radical (unpaired) electrons. The summed E-state index contributed by atoms with van der Waals surface area (Å²) in [5.41, 5.74) is 6.75. The largest absolute Gasteiger partial charge is 0.315 e. The van der Waals surface area contributed by atoms with E-state index < -0.39 is 0 Å². The summed E-state index contributed by atoms with van der Waals surface area (Å²) < 4.78 is 0. The number of hydrogen-bond donors (Lipinski definition) is 1.